The molecule has 2 nitrogen and oxygen atoms in total. The van der Waals surface area contributed by atoms with Crippen molar-refractivity contribution in [3.63, 3.8) is 0 Å². The Morgan fingerprint density at radius 1 is 1.29 bits per heavy atom. The Labute approximate surface area is 128 Å². The van der Waals surface area contributed by atoms with Gasteiger partial charge in [0.15, 0.2) is 0 Å². The zero-order valence-corrected chi connectivity index (χ0v) is 13.4. The predicted molar refractivity (Wildman–Crippen MR) is 82.7 cm³/mol. The average Bonchev–Trinajstić information content (AvgIpc) is 2.74. The standard InChI is InChI=1S/C16H20F2N2S/c1-4-7-19-15(9-16-20-10(2)11(3)21-16)13-6-5-12(17)8-14(13)18/h5-6,8,15,19H,4,7,9H2,1-3H3. The van der Waals surface area contributed by atoms with E-state index in [9.17, 15) is 8.78 Å². The molecule has 0 aliphatic heterocycles. The van der Waals surface area contributed by atoms with E-state index in [2.05, 4.69) is 17.2 Å². The predicted octanol–water partition coefficient (Wildman–Crippen LogP) is 4.32. The van der Waals surface area contributed by atoms with Gasteiger partial charge in [0.1, 0.15) is 11.6 Å². The minimum Gasteiger partial charge on any atom is -0.309 e. The summed E-state index contributed by atoms with van der Waals surface area (Å²) in [5.41, 5.74) is 1.51. The summed E-state index contributed by atoms with van der Waals surface area (Å²) >= 11 is 1.63. The van der Waals surface area contributed by atoms with Crippen molar-refractivity contribution in [2.24, 2.45) is 0 Å². The molecule has 1 atom stereocenters. The van der Waals surface area contributed by atoms with Gasteiger partial charge in [-0.1, -0.05) is 13.0 Å². The van der Waals surface area contributed by atoms with Gasteiger partial charge in [-0.05, 0) is 32.9 Å². The van der Waals surface area contributed by atoms with E-state index in [4.69, 9.17) is 0 Å². The van der Waals surface area contributed by atoms with Crippen LogP contribution in [0.1, 0.15) is 40.5 Å². The highest BCUT2D eigenvalue weighted by Crippen LogP contribution is 2.25. The Morgan fingerprint density at radius 2 is 2.05 bits per heavy atom. The van der Waals surface area contributed by atoms with Gasteiger partial charge in [0, 0.05) is 29.0 Å². The van der Waals surface area contributed by atoms with Crippen LogP contribution in [0.15, 0.2) is 18.2 Å². The second-order valence-electron chi connectivity index (χ2n) is 5.13. The van der Waals surface area contributed by atoms with Crippen molar-refractivity contribution in [1.82, 2.24) is 10.3 Å². The van der Waals surface area contributed by atoms with Crippen LogP contribution in [0.2, 0.25) is 0 Å². The first-order valence-corrected chi connectivity index (χ1v) is 7.94. The molecule has 0 fully saturated rings. The molecule has 1 N–H and O–H groups in total. The van der Waals surface area contributed by atoms with Crippen molar-refractivity contribution in [3.8, 4) is 0 Å². The summed E-state index contributed by atoms with van der Waals surface area (Å²) in [7, 11) is 0. The van der Waals surface area contributed by atoms with Crippen molar-refractivity contribution < 1.29 is 8.78 Å². The van der Waals surface area contributed by atoms with Gasteiger partial charge in [-0.2, -0.15) is 0 Å². The number of halogens is 2. The molecule has 1 aromatic heterocycles. The first-order chi connectivity index (χ1) is 10.0. The second kappa shape index (κ2) is 7.09. The summed E-state index contributed by atoms with van der Waals surface area (Å²) < 4.78 is 27.1. The van der Waals surface area contributed by atoms with E-state index >= 15 is 0 Å². The number of nitrogens with zero attached hydrogens (tertiary/aromatic N) is 1. The number of hydrogen-bond acceptors (Lipinski definition) is 3. The molecule has 0 radical (unpaired) electrons. The molecule has 0 bridgehead atoms. The lowest BCUT2D eigenvalue weighted by atomic mass is 10.0. The molecule has 114 valence electrons. The first kappa shape index (κ1) is 16.0. The van der Waals surface area contributed by atoms with Gasteiger partial charge in [-0.15, -0.1) is 11.3 Å². The van der Waals surface area contributed by atoms with Crippen molar-refractivity contribution in [2.45, 2.75) is 39.7 Å². The third-order valence-corrected chi connectivity index (χ3v) is 4.53. The molecule has 0 spiro atoms. The maximum absolute atomic E-state index is 14.0. The lowest BCUT2D eigenvalue weighted by molar-refractivity contribution is 0.490. The van der Waals surface area contributed by atoms with Crippen LogP contribution >= 0.6 is 11.3 Å². The fourth-order valence-electron chi connectivity index (χ4n) is 2.20. The minimum atomic E-state index is -0.550. The maximum Gasteiger partial charge on any atom is 0.130 e. The average molecular weight is 310 g/mol. The van der Waals surface area contributed by atoms with Crippen LogP contribution in [0, 0.1) is 25.5 Å². The van der Waals surface area contributed by atoms with E-state index in [1.807, 2.05) is 13.8 Å². The number of rotatable bonds is 6. The minimum absolute atomic E-state index is 0.185. The van der Waals surface area contributed by atoms with E-state index in [0.717, 1.165) is 29.7 Å². The quantitative estimate of drug-likeness (QED) is 0.859. The monoisotopic (exact) mass is 310 g/mol. The number of benzene rings is 1. The summed E-state index contributed by atoms with van der Waals surface area (Å²) in [5, 5.41) is 4.30. The molecule has 0 aliphatic rings. The van der Waals surface area contributed by atoms with Gasteiger partial charge in [-0.3, -0.25) is 0 Å². The van der Waals surface area contributed by atoms with E-state index in [1.165, 1.54) is 17.0 Å². The topological polar surface area (TPSA) is 24.9 Å². The van der Waals surface area contributed by atoms with Crippen LogP contribution in [-0.4, -0.2) is 11.5 Å². The SMILES string of the molecule is CCCNC(Cc1nc(C)c(C)s1)c1ccc(F)cc1F. The molecule has 1 heterocycles. The number of thiazole rings is 1. The molecule has 0 saturated heterocycles. The lowest BCUT2D eigenvalue weighted by Gasteiger charge is -2.18. The molecule has 0 aliphatic carbocycles. The summed E-state index contributed by atoms with van der Waals surface area (Å²) in [6.07, 6.45) is 1.57. The smallest absolute Gasteiger partial charge is 0.130 e. The van der Waals surface area contributed by atoms with E-state index in [1.54, 1.807) is 11.3 Å². The van der Waals surface area contributed by atoms with Crippen molar-refractivity contribution in [1.29, 1.82) is 0 Å². The molecule has 1 aromatic carbocycles. The molecule has 21 heavy (non-hydrogen) atoms. The van der Waals surface area contributed by atoms with Crippen molar-refractivity contribution in [3.05, 3.63) is 51.0 Å². The fraction of sp³-hybridized carbons (Fsp3) is 0.438. The molecule has 2 rings (SSSR count). The van der Waals surface area contributed by atoms with Crippen LogP contribution < -0.4 is 5.32 Å². The van der Waals surface area contributed by atoms with Gasteiger partial charge >= 0.3 is 0 Å². The van der Waals surface area contributed by atoms with Crippen LogP contribution in [0.4, 0.5) is 8.78 Å². The van der Waals surface area contributed by atoms with Crippen LogP contribution in [0.5, 0.6) is 0 Å². The molecule has 0 amide bonds. The van der Waals surface area contributed by atoms with Gasteiger partial charge in [0.2, 0.25) is 0 Å². The van der Waals surface area contributed by atoms with Crippen LogP contribution in [0.25, 0.3) is 0 Å². The molecule has 1 unspecified atom stereocenters. The van der Waals surface area contributed by atoms with E-state index < -0.39 is 11.6 Å². The highest BCUT2D eigenvalue weighted by molar-refractivity contribution is 7.11. The van der Waals surface area contributed by atoms with Crippen LogP contribution in [0.3, 0.4) is 0 Å². The first-order valence-electron chi connectivity index (χ1n) is 7.12. The Balaban J connectivity index is 2.24. The third-order valence-electron chi connectivity index (χ3n) is 3.43. The Hall–Kier alpha value is -1.33. The molecule has 2 aromatic rings. The highest BCUT2D eigenvalue weighted by atomic mass is 32.1. The molecule has 5 heteroatoms. The number of nitrogens with one attached hydrogen (secondary N) is 1. The normalized spacial score (nSPS) is 12.6. The fourth-order valence-corrected chi connectivity index (χ4v) is 3.18. The van der Waals surface area contributed by atoms with Gasteiger partial charge in [-0.25, -0.2) is 13.8 Å². The largest absolute Gasteiger partial charge is 0.309 e. The maximum atomic E-state index is 14.0. The number of hydrogen-bond donors (Lipinski definition) is 1. The number of aromatic nitrogens is 1. The summed E-state index contributed by atoms with van der Waals surface area (Å²) in [4.78, 5) is 5.69. The zero-order valence-electron chi connectivity index (χ0n) is 12.5. The summed E-state index contributed by atoms with van der Waals surface area (Å²) in [6, 6.07) is 3.58. The number of aryl methyl sites for hydroxylation is 2. The second-order valence-corrected chi connectivity index (χ2v) is 6.41. The van der Waals surface area contributed by atoms with Crippen molar-refractivity contribution in [2.75, 3.05) is 6.54 Å². The summed E-state index contributed by atoms with van der Waals surface area (Å²) in [6.45, 7) is 6.85. The summed E-state index contributed by atoms with van der Waals surface area (Å²) in [5.74, 6) is -1.06. The van der Waals surface area contributed by atoms with Gasteiger partial charge in [0.25, 0.3) is 0 Å². The molecule has 0 saturated carbocycles. The van der Waals surface area contributed by atoms with Gasteiger partial charge < -0.3 is 5.32 Å². The van der Waals surface area contributed by atoms with E-state index in [0.29, 0.717) is 12.0 Å². The third kappa shape index (κ3) is 4.08. The van der Waals surface area contributed by atoms with Gasteiger partial charge in [0.05, 0.1) is 10.7 Å². The highest BCUT2D eigenvalue weighted by Gasteiger charge is 2.18. The zero-order chi connectivity index (χ0) is 15.4. The molecular formula is C16H20F2N2S. The van der Waals surface area contributed by atoms with Crippen LogP contribution in [-0.2, 0) is 6.42 Å². The van der Waals surface area contributed by atoms with Crippen molar-refractivity contribution >= 4 is 11.3 Å². The Kier molecular flexibility index (Phi) is 5.42. The molecular weight excluding hydrogens is 290 g/mol. The Morgan fingerprint density at radius 3 is 2.62 bits per heavy atom. The lowest BCUT2D eigenvalue weighted by Crippen LogP contribution is -2.25. The Bertz CT molecular complexity index is 591. The van der Waals surface area contributed by atoms with E-state index in [-0.39, 0.29) is 6.04 Å².